The highest BCUT2D eigenvalue weighted by molar-refractivity contribution is 5.86. The molecule has 18 heavy (non-hydrogen) atoms. The molecule has 0 bridgehead atoms. The van der Waals surface area contributed by atoms with Crippen LogP contribution < -0.4 is 5.32 Å². The summed E-state index contributed by atoms with van der Waals surface area (Å²) in [6.07, 6.45) is 3.55. The van der Waals surface area contributed by atoms with Crippen LogP contribution in [-0.2, 0) is 9.59 Å². The molecule has 0 radical (unpaired) electrons. The number of amides is 1. The van der Waals surface area contributed by atoms with Crippen molar-refractivity contribution in [3.05, 3.63) is 12.7 Å². The molecule has 0 aliphatic carbocycles. The van der Waals surface area contributed by atoms with Crippen molar-refractivity contribution in [2.24, 2.45) is 5.41 Å². The molecule has 1 atom stereocenters. The Hall–Kier alpha value is -1.36. The van der Waals surface area contributed by atoms with Gasteiger partial charge >= 0.3 is 5.97 Å². The van der Waals surface area contributed by atoms with Crippen LogP contribution in [0.1, 0.15) is 26.7 Å². The lowest BCUT2D eigenvalue weighted by molar-refractivity contribution is -0.146. The summed E-state index contributed by atoms with van der Waals surface area (Å²) in [5, 5.41) is 12.0. The predicted molar refractivity (Wildman–Crippen MR) is 69.2 cm³/mol. The Kier molecular flexibility index (Phi) is 4.90. The third-order valence-corrected chi connectivity index (χ3v) is 3.36. The highest BCUT2D eigenvalue weighted by Gasteiger charge is 2.39. The summed E-state index contributed by atoms with van der Waals surface area (Å²) in [6.45, 7) is 8.42. The number of rotatable bonds is 5. The number of aliphatic carboxylic acids is 1. The summed E-state index contributed by atoms with van der Waals surface area (Å²) in [4.78, 5) is 24.5. The van der Waals surface area contributed by atoms with E-state index in [-0.39, 0.29) is 30.5 Å². The Balaban J connectivity index is 2.80. The van der Waals surface area contributed by atoms with Gasteiger partial charge in [-0.05, 0) is 24.8 Å². The Labute approximate surface area is 108 Å². The first-order valence-electron chi connectivity index (χ1n) is 6.23. The van der Waals surface area contributed by atoms with E-state index in [0.717, 1.165) is 19.4 Å². The van der Waals surface area contributed by atoms with Gasteiger partial charge in [-0.2, -0.15) is 0 Å². The lowest BCUT2D eigenvalue weighted by Crippen LogP contribution is -2.57. The monoisotopic (exact) mass is 254 g/mol. The Bertz CT molecular complexity index is 339. The number of nitrogens with one attached hydrogen (secondary N) is 1. The van der Waals surface area contributed by atoms with Gasteiger partial charge in [-0.1, -0.05) is 19.9 Å². The van der Waals surface area contributed by atoms with E-state index in [0.29, 0.717) is 0 Å². The highest BCUT2D eigenvalue weighted by atomic mass is 16.4. The Morgan fingerprint density at radius 2 is 2.22 bits per heavy atom. The summed E-state index contributed by atoms with van der Waals surface area (Å²) in [7, 11) is 0. The molecule has 1 amide bonds. The van der Waals surface area contributed by atoms with Crippen molar-refractivity contribution in [2.75, 3.05) is 19.6 Å². The molecule has 1 aliphatic rings. The molecule has 5 nitrogen and oxygen atoms in total. The molecule has 0 aromatic heterocycles. The van der Waals surface area contributed by atoms with Crippen LogP contribution in [0, 0.1) is 5.41 Å². The molecule has 1 saturated heterocycles. The van der Waals surface area contributed by atoms with Crippen LogP contribution in [0.25, 0.3) is 0 Å². The van der Waals surface area contributed by atoms with E-state index in [9.17, 15) is 9.59 Å². The molecule has 1 heterocycles. The minimum Gasteiger partial charge on any atom is -0.480 e. The summed E-state index contributed by atoms with van der Waals surface area (Å²) >= 11 is 0. The highest BCUT2D eigenvalue weighted by Crippen LogP contribution is 2.31. The van der Waals surface area contributed by atoms with E-state index in [1.165, 1.54) is 4.90 Å². The fourth-order valence-corrected chi connectivity index (χ4v) is 2.37. The maximum absolute atomic E-state index is 12.4. The van der Waals surface area contributed by atoms with Gasteiger partial charge in [0, 0.05) is 6.54 Å². The summed E-state index contributed by atoms with van der Waals surface area (Å²) in [6, 6.07) is -0.314. The second-order valence-corrected chi connectivity index (χ2v) is 5.38. The van der Waals surface area contributed by atoms with Crippen molar-refractivity contribution in [1.82, 2.24) is 10.2 Å². The van der Waals surface area contributed by atoms with Gasteiger partial charge in [0.1, 0.15) is 6.54 Å². The molecule has 0 spiro atoms. The van der Waals surface area contributed by atoms with E-state index in [1.54, 1.807) is 6.08 Å². The average Bonchev–Trinajstić information content (AvgIpc) is 2.26. The van der Waals surface area contributed by atoms with Gasteiger partial charge in [-0.25, -0.2) is 0 Å². The van der Waals surface area contributed by atoms with E-state index < -0.39 is 5.97 Å². The maximum Gasteiger partial charge on any atom is 0.323 e. The third-order valence-electron chi connectivity index (χ3n) is 3.36. The first-order valence-corrected chi connectivity index (χ1v) is 6.23. The van der Waals surface area contributed by atoms with Gasteiger partial charge in [0.15, 0.2) is 0 Å². The first kappa shape index (κ1) is 14.7. The molecule has 1 unspecified atom stereocenters. The Morgan fingerprint density at radius 3 is 2.72 bits per heavy atom. The van der Waals surface area contributed by atoms with E-state index >= 15 is 0 Å². The SMILES string of the molecule is C=CCN(CC(=O)O)C(=O)C1NCCCC1(C)C. The second-order valence-electron chi connectivity index (χ2n) is 5.38. The molecule has 102 valence electrons. The Morgan fingerprint density at radius 1 is 1.56 bits per heavy atom. The van der Waals surface area contributed by atoms with Crippen molar-refractivity contribution < 1.29 is 14.7 Å². The first-order chi connectivity index (χ1) is 8.38. The second kappa shape index (κ2) is 6.00. The van der Waals surface area contributed by atoms with Gasteiger partial charge in [-0.15, -0.1) is 6.58 Å². The predicted octanol–water partition coefficient (Wildman–Crippen LogP) is 0.864. The molecule has 1 aliphatic heterocycles. The summed E-state index contributed by atoms with van der Waals surface area (Å²) in [5.74, 6) is -1.15. The molecule has 0 saturated carbocycles. The molecule has 0 aromatic rings. The maximum atomic E-state index is 12.4. The number of carboxylic acid groups (broad SMARTS) is 1. The van der Waals surface area contributed by atoms with Gasteiger partial charge in [0.2, 0.25) is 5.91 Å². The zero-order valence-corrected chi connectivity index (χ0v) is 11.1. The minimum absolute atomic E-state index is 0.146. The molecule has 1 fully saturated rings. The number of carbonyl (C=O) groups is 2. The van der Waals surface area contributed by atoms with Gasteiger partial charge < -0.3 is 15.3 Å². The largest absolute Gasteiger partial charge is 0.480 e. The van der Waals surface area contributed by atoms with Crippen LogP contribution in [0.4, 0.5) is 0 Å². The van der Waals surface area contributed by atoms with Crippen molar-refractivity contribution >= 4 is 11.9 Å². The van der Waals surface area contributed by atoms with E-state index in [1.807, 2.05) is 13.8 Å². The zero-order chi connectivity index (χ0) is 13.8. The minimum atomic E-state index is -1.00. The number of carbonyl (C=O) groups excluding carboxylic acids is 1. The van der Waals surface area contributed by atoms with Crippen molar-refractivity contribution in [1.29, 1.82) is 0 Å². The molecule has 1 rings (SSSR count). The van der Waals surface area contributed by atoms with Crippen molar-refractivity contribution in [3.63, 3.8) is 0 Å². The summed E-state index contributed by atoms with van der Waals surface area (Å²) in [5.41, 5.74) is -0.146. The standard InChI is InChI=1S/C13H22N2O3/c1-4-8-15(9-10(16)17)12(18)11-13(2,3)6-5-7-14-11/h4,11,14H,1,5-9H2,2-3H3,(H,16,17). The van der Waals surface area contributed by atoms with Crippen LogP contribution in [0.15, 0.2) is 12.7 Å². The topological polar surface area (TPSA) is 69.6 Å². The lowest BCUT2D eigenvalue weighted by atomic mass is 9.77. The van der Waals surface area contributed by atoms with Crippen LogP contribution in [0.5, 0.6) is 0 Å². The fraction of sp³-hybridized carbons (Fsp3) is 0.692. The van der Waals surface area contributed by atoms with Crippen LogP contribution in [0.3, 0.4) is 0 Å². The third kappa shape index (κ3) is 3.57. The number of hydrogen-bond donors (Lipinski definition) is 2. The number of nitrogens with zero attached hydrogens (tertiary/aromatic N) is 1. The zero-order valence-electron chi connectivity index (χ0n) is 11.1. The lowest BCUT2D eigenvalue weighted by Gasteiger charge is -2.40. The van der Waals surface area contributed by atoms with E-state index in [2.05, 4.69) is 11.9 Å². The molecule has 0 aromatic carbocycles. The van der Waals surface area contributed by atoms with Crippen LogP contribution >= 0.6 is 0 Å². The normalized spacial score (nSPS) is 22.2. The smallest absolute Gasteiger partial charge is 0.323 e. The molecular formula is C13H22N2O3. The quantitative estimate of drug-likeness (QED) is 0.714. The number of piperidine rings is 1. The van der Waals surface area contributed by atoms with E-state index in [4.69, 9.17) is 5.11 Å². The van der Waals surface area contributed by atoms with Crippen LogP contribution in [0.2, 0.25) is 0 Å². The van der Waals surface area contributed by atoms with Gasteiger partial charge in [0.25, 0.3) is 0 Å². The molecular weight excluding hydrogens is 232 g/mol. The number of hydrogen-bond acceptors (Lipinski definition) is 3. The van der Waals surface area contributed by atoms with Crippen molar-refractivity contribution in [2.45, 2.75) is 32.7 Å². The number of carboxylic acids is 1. The van der Waals surface area contributed by atoms with Gasteiger partial charge in [0.05, 0.1) is 6.04 Å². The van der Waals surface area contributed by atoms with Crippen molar-refractivity contribution in [3.8, 4) is 0 Å². The average molecular weight is 254 g/mol. The fourth-order valence-electron chi connectivity index (χ4n) is 2.37. The molecule has 2 N–H and O–H groups in total. The molecule has 5 heteroatoms. The van der Waals surface area contributed by atoms with Gasteiger partial charge in [-0.3, -0.25) is 9.59 Å². The summed E-state index contributed by atoms with van der Waals surface area (Å²) < 4.78 is 0. The van der Waals surface area contributed by atoms with Crippen LogP contribution in [-0.4, -0.2) is 47.6 Å².